The Kier molecular flexibility index (Phi) is 7.21. The van der Waals surface area contributed by atoms with Crippen molar-refractivity contribution in [1.82, 2.24) is 20.3 Å². The van der Waals surface area contributed by atoms with Gasteiger partial charge in [-0.2, -0.15) is 0 Å². The van der Waals surface area contributed by atoms with Crippen LogP contribution in [-0.2, 0) is 11.2 Å². The van der Waals surface area contributed by atoms with Gasteiger partial charge in [0.2, 0.25) is 18.7 Å². The van der Waals surface area contributed by atoms with Crippen LogP contribution < -0.4 is 24.8 Å². The number of ether oxygens (including phenoxy) is 3. The lowest BCUT2D eigenvalue weighted by Crippen LogP contribution is -2.35. The average molecular weight is 513 g/mol. The Labute approximate surface area is 219 Å². The van der Waals surface area contributed by atoms with Crippen LogP contribution in [0.25, 0.3) is 17.0 Å². The maximum atomic E-state index is 12.8. The van der Waals surface area contributed by atoms with Crippen LogP contribution in [-0.4, -0.2) is 47.3 Å². The lowest BCUT2D eigenvalue weighted by atomic mass is 10.1. The van der Waals surface area contributed by atoms with Gasteiger partial charge in [0.25, 0.3) is 5.91 Å². The second kappa shape index (κ2) is 11.0. The average Bonchev–Trinajstić information content (AvgIpc) is 3.53. The van der Waals surface area contributed by atoms with Gasteiger partial charge >= 0.3 is 0 Å². The molecular formula is C28H28N6O4. The second-order valence-electron chi connectivity index (χ2n) is 8.74. The molecule has 1 aliphatic rings. The van der Waals surface area contributed by atoms with Crippen molar-refractivity contribution in [3.05, 3.63) is 77.3 Å². The fourth-order valence-corrected chi connectivity index (χ4v) is 4.12. The van der Waals surface area contributed by atoms with Gasteiger partial charge in [0, 0.05) is 41.1 Å². The number of nitrogens with one attached hydrogen (secondary N) is 3. The van der Waals surface area contributed by atoms with Crippen LogP contribution in [0.2, 0.25) is 0 Å². The van der Waals surface area contributed by atoms with Gasteiger partial charge in [0.1, 0.15) is 5.75 Å². The Morgan fingerprint density at radius 2 is 1.92 bits per heavy atom. The third-order valence-electron chi connectivity index (χ3n) is 5.90. The Morgan fingerprint density at radius 1 is 1.11 bits per heavy atom. The number of hydrogen-bond acceptors (Lipinski definition) is 7. The molecule has 38 heavy (non-hydrogen) atoms. The molecule has 1 amide bonds. The molecule has 3 heterocycles. The van der Waals surface area contributed by atoms with Gasteiger partial charge in [0.15, 0.2) is 11.5 Å². The van der Waals surface area contributed by atoms with Crippen molar-refractivity contribution in [1.29, 1.82) is 0 Å². The lowest BCUT2D eigenvalue weighted by Gasteiger charge is -2.10. The van der Waals surface area contributed by atoms with Gasteiger partial charge in [-0.05, 0) is 73.9 Å². The number of rotatable bonds is 7. The number of amides is 1. The first kappa shape index (κ1) is 24.8. The van der Waals surface area contributed by atoms with Crippen LogP contribution in [0.3, 0.4) is 0 Å². The highest BCUT2D eigenvalue weighted by atomic mass is 16.7. The fraction of sp³-hybridized carbons (Fsp3) is 0.214. The number of nitrogens with zero attached hydrogens (tertiary/aromatic N) is 3. The topological polar surface area (TPSA) is 123 Å². The van der Waals surface area contributed by atoms with E-state index in [-0.39, 0.29) is 18.7 Å². The molecule has 194 valence electrons. The van der Waals surface area contributed by atoms with Gasteiger partial charge in [-0.1, -0.05) is 6.07 Å². The van der Waals surface area contributed by atoms with E-state index in [9.17, 15) is 4.79 Å². The minimum atomic E-state index is -0.352. The summed E-state index contributed by atoms with van der Waals surface area (Å²) in [7, 11) is 1.65. The van der Waals surface area contributed by atoms with Gasteiger partial charge in [-0.25, -0.2) is 9.97 Å². The number of hydrogen-bond donors (Lipinski definition) is 3. The monoisotopic (exact) mass is 512 g/mol. The van der Waals surface area contributed by atoms with E-state index in [1.807, 2.05) is 62.5 Å². The summed E-state index contributed by atoms with van der Waals surface area (Å²) in [6, 6.07) is 13.3. The first-order valence-electron chi connectivity index (χ1n) is 12.1. The zero-order valence-electron chi connectivity index (χ0n) is 21.4. The van der Waals surface area contributed by atoms with Crippen LogP contribution in [0.4, 0.5) is 5.95 Å². The molecule has 10 nitrogen and oxygen atoms in total. The summed E-state index contributed by atoms with van der Waals surface area (Å²) in [5, 5.41) is 6.94. The number of aromatic nitrogens is 3. The van der Waals surface area contributed by atoms with E-state index in [1.165, 1.54) is 6.08 Å². The number of aryl methyl sites for hydroxylation is 2. The van der Waals surface area contributed by atoms with Crippen molar-refractivity contribution >= 4 is 34.8 Å². The highest BCUT2D eigenvalue weighted by Crippen LogP contribution is 2.32. The van der Waals surface area contributed by atoms with Crippen LogP contribution in [0.5, 0.6) is 17.2 Å². The summed E-state index contributed by atoms with van der Waals surface area (Å²) < 4.78 is 16.1. The molecule has 0 bridgehead atoms. The zero-order chi connectivity index (χ0) is 26.5. The summed E-state index contributed by atoms with van der Waals surface area (Å²) in [4.78, 5) is 29.5. The van der Waals surface area contributed by atoms with Crippen molar-refractivity contribution in [3.8, 4) is 17.2 Å². The molecule has 0 aliphatic carbocycles. The number of H-pyrrole nitrogens is 1. The second-order valence-corrected chi connectivity index (χ2v) is 8.74. The smallest absolute Gasteiger partial charge is 0.250 e. The van der Waals surface area contributed by atoms with E-state index in [4.69, 9.17) is 14.2 Å². The molecule has 1 aliphatic heterocycles. The number of aliphatic imine (C=N–C) groups is 1. The number of anilines is 1. The van der Waals surface area contributed by atoms with E-state index >= 15 is 0 Å². The van der Waals surface area contributed by atoms with Crippen molar-refractivity contribution in [3.63, 3.8) is 0 Å². The quantitative estimate of drug-likeness (QED) is 0.193. The first-order valence-corrected chi connectivity index (χ1v) is 12.1. The van der Waals surface area contributed by atoms with Gasteiger partial charge < -0.3 is 19.2 Å². The Morgan fingerprint density at radius 3 is 2.74 bits per heavy atom. The van der Waals surface area contributed by atoms with Crippen LogP contribution in [0.1, 0.15) is 22.5 Å². The summed E-state index contributed by atoms with van der Waals surface area (Å²) in [5.74, 6) is 2.39. The van der Waals surface area contributed by atoms with Crippen LogP contribution in [0.15, 0.2) is 59.7 Å². The molecule has 0 saturated heterocycles. The molecule has 10 heteroatoms. The zero-order valence-corrected chi connectivity index (χ0v) is 21.4. The molecule has 2 aromatic carbocycles. The maximum Gasteiger partial charge on any atom is 0.250 e. The SMILES string of the molecule is COc1ccc2[nH]cc(CCN=C(NC(=O)/C=C/c3ccc4c(c3)OCO4)Nc3nc(C)cc(C)n3)c2c1. The first-order chi connectivity index (χ1) is 18.5. The van der Waals surface area contributed by atoms with E-state index in [1.54, 1.807) is 13.2 Å². The fourth-order valence-electron chi connectivity index (χ4n) is 4.12. The summed E-state index contributed by atoms with van der Waals surface area (Å²) >= 11 is 0. The summed E-state index contributed by atoms with van der Waals surface area (Å²) in [6.07, 6.45) is 5.74. The Balaban J connectivity index is 1.31. The molecular weight excluding hydrogens is 484 g/mol. The summed E-state index contributed by atoms with van der Waals surface area (Å²) in [6.45, 7) is 4.38. The molecule has 0 spiro atoms. The van der Waals surface area contributed by atoms with E-state index in [0.29, 0.717) is 30.4 Å². The molecule has 3 N–H and O–H groups in total. The molecule has 5 rings (SSSR count). The van der Waals surface area contributed by atoms with Gasteiger partial charge in [-0.15, -0.1) is 0 Å². The highest BCUT2D eigenvalue weighted by Gasteiger charge is 2.13. The molecule has 0 fully saturated rings. The predicted molar refractivity (Wildman–Crippen MR) is 146 cm³/mol. The van der Waals surface area contributed by atoms with E-state index in [2.05, 4.69) is 30.6 Å². The lowest BCUT2D eigenvalue weighted by molar-refractivity contribution is -0.115. The van der Waals surface area contributed by atoms with Crippen molar-refractivity contribution in [2.45, 2.75) is 20.3 Å². The molecule has 4 aromatic rings. The Bertz CT molecular complexity index is 1520. The van der Waals surface area contributed by atoms with Crippen LogP contribution in [0, 0.1) is 13.8 Å². The maximum absolute atomic E-state index is 12.8. The molecule has 2 aromatic heterocycles. The number of guanidine groups is 1. The molecule has 0 unspecified atom stereocenters. The number of fused-ring (bicyclic) bond motifs is 2. The number of methoxy groups -OCH3 is 1. The summed E-state index contributed by atoms with van der Waals surface area (Å²) in [5.41, 5.74) is 4.54. The number of carbonyl (C=O) groups is 1. The molecule has 0 atom stereocenters. The minimum absolute atomic E-state index is 0.196. The molecule has 0 radical (unpaired) electrons. The number of aromatic amines is 1. The van der Waals surface area contributed by atoms with Crippen molar-refractivity contribution in [2.24, 2.45) is 4.99 Å². The number of carbonyl (C=O) groups excluding carboxylic acids is 1. The third kappa shape index (κ3) is 5.92. The van der Waals surface area contributed by atoms with Gasteiger partial charge in [0.05, 0.1) is 7.11 Å². The predicted octanol–water partition coefficient (Wildman–Crippen LogP) is 4.15. The minimum Gasteiger partial charge on any atom is -0.497 e. The van der Waals surface area contributed by atoms with Crippen molar-refractivity contribution in [2.75, 3.05) is 25.8 Å². The number of benzene rings is 2. The Hall–Kier alpha value is -4.86. The highest BCUT2D eigenvalue weighted by molar-refractivity contribution is 6.08. The van der Waals surface area contributed by atoms with E-state index in [0.717, 1.165) is 39.2 Å². The molecule has 0 saturated carbocycles. The van der Waals surface area contributed by atoms with E-state index < -0.39 is 0 Å². The van der Waals surface area contributed by atoms with Crippen LogP contribution >= 0.6 is 0 Å². The largest absolute Gasteiger partial charge is 0.497 e. The normalized spacial score (nSPS) is 12.8. The van der Waals surface area contributed by atoms with Crippen molar-refractivity contribution < 1.29 is 19.0 Å². The third-order valence-corrected chi connectivity index (χ3v) is 5.90. The standard InChI is InChI=1S/C28H28N6O4/c1-17-12-18(2)32-28(31-17)34-27(29-11-10-20-15-30-23-7-6-21(36-3)14-22(20)23)33-26(35)9-5-19-4-8-24-25(13-19)38-16-37-24/h4-9,12-15,30H,10-11,16H2,1-3H3,(H2,29,31,32,33,34,35)/b9-5+. The van der Waals surface area contributed by atoms with Gasteiger partial charge in [-0.3, -0.25) is 20.4 Å².